The molecule has 0 saturated carbocycles. The maximum atomic E-state index is 13.2. The molecule has 152 valence electrons. The molecule has 2 fully saturated rings. The van der Waals surface area contributed by atoms with Gasteiger partial charge in [0.1, 0.15) is 11.5 Å². The van der Waals surface area contributed by atoms with Crippen LogP contribution >= 0.6 is 48.0 Å². The number of thiocarbonyl (C=S) groups is 2. The first-order valence-corrected chi connectivity index (χ1v) is 11.0. The zero-order valence-corrected chi connectivity index (χ0v) is 19.0. The lowest BCUT2D eigenvalue weighted by molar-refractivity contribution is -0.115. The van der Waals surface area contributed by atoms with Crippen LogP contribution in [0.2, 0.25) is 0 Å². The molecule has 0 N–H and O–H groups in total. The van der Waals surface area contributed by atoms with Crippen molar-refractivity contribution in [3.8, 4) is 11.5 Å². The van der Waals surface area contributed by atoms with Crippen LogP contribution in [-0.2, 0) is 9.59 Å². The summed E-state index contributed by atoms with van der Waals surface area (Å²) in [6, 6.07) is 14.1. The predicted molar refractivity (Wildman–Crippen MR) is 128 cm³/mol. The van der Waals surface area contributed by atoms with Crippen LogP contribution in [0.4, 0.5) is 11.4 Å². The molecular formula is C20H14N2O4S4. The molecule has 2 heterocycles. The number of ether oxygens (including phenoxy) is 2. The lowest BCUT2D eigenvalue weighted by atomic mass is 10.2. The fraction of sp³-hybridized carbons (Fsp3) is 0.100. The maximum absolute atomic E-state index is 13.2. The van der Waals surface area contributed by atoms with Crippen molar-refractivity contribution in [1.82, 2.24) is 0 Å². The first-order valence-electron chi connectivity index (χ1n) is 8.59. The minimum Gasteiger partial charge on any atom is -0.497 e. The van der Waals surface area contributed by atoms with Gasteiger partial charge in [0.25, 0.3) is 11.8 Å². The van der Waals surface area contributed by atoms with Gasteiger partial charge in [0.05, 0.1) is 35.4 Å². The summed E-state index contributed by atoms with van der Waals surface area (Å²) in [5.74, 6) is 0.491. The van der Waals surface area contributed by atoms with Gasteiger partial charge in [0.2, 0.25) is 0 Å². The van der Waals surface area contributed by atoms with Crippen molar-refractivity contribution in [2.24, 2.45) is 0 Å². The van der Waals surface area contributed by atoms with E-state index in [1.807, 2.05) is 0 Å². The highest BCUT2D eigenvalue weighted by molar-refractivity contribution is 8.30. The molecule has 10 heteroatoms. The molecule has 0 aliphatic carbocycles. The Balaban J connectivity index is 1.69. The molecule has 2 aliphatic heterocycles. The number of hydrogen-bond acceptors (Lipinski definition) is 8. The standard InChI is InChI=1S/C20H14N2O4S4/c1-25-13-7-3-5-11(9-13)21-17(23)15(29-19(21)27)16-18(24)22(20(28)30-16)12-6-4-8-14(10-12)26-2/h3-10H,1-2H3. The number of thioether (sulfide) groups is 2. The van der Waals surface area contributed by atoms with Crippen molar-refractivity contribution in [3.63, 3.8) is 0 Å². The van der Waals surface area contributed by atoms with E-state index in [-0.39, 0.29) is 21.6 Å². The van der Waals surface area contributed by atoms with Crippen LogP contribution in [0, 0.1) is 0 Å². The Morgan fingerprint density at radius 2 is 1.13 bits per heavy atom. The number of amides is 2. The van der Waals surface area contributed by atoms with E-state index in [1.165, 1.54) is 9.80 Å². The van der Waals surface area contributed by atoms with Gasteiger partial charge in [-0.3, -0.25) is 19.4 Å². The van der Waals surface area contributed by atoms with E-state index in [9.17, 15) is 9.59 Å². The Morgan fingerprint density at radius 3 is 1.50 bits per heavy atom. The summed E-state index contributed by atoms with van der Waals surface area (Å²) in [7, 11) is 3.10. The summed E-state index contributed by atoms with van der Waals surface area (Å²) in [5, 5.41) is 0. The highest BCUT2D eigenvalue weighted by Crippen LogP contribution is 2.45. The zero-order chi connectivity index (χ0) is 21.4. The van der Waals surface area contributed by atoms with Crippen molar-refractivity contribution in [3.05, 3.63) is 58.3 Å². The summed E-state index contributed by atoms with van der Waals surface area (Å²) in [6.45, 7) is 0. The molecule has 2 aromatic rings. The van der Waals surface area contributed by atoms with Crippen molar-refractivity contribution in [1.29, 1.82) is 0 Å². The fourth-order valence-electron chi connectivity index (χ4n) is 2.95. The third-order valence-electron chi connectivity index (χ3n) is 4.37. The Hall–Kier alpha value is -2.40. The van der Waals surface area contributed by atoms with E-state index in [0.29, 0.717) is 31.5 Å². The van der Waals surface area contributed by atoms with E-state index in [4.69, 9.17) is 33.9 Å². The average Bonchev–Trinajstić information content (AvgIpc) is 3.22. The van der Waals surface area contributed by atoms with Crippen LogP contribution in [0.25, 0.3) is 0 Å². The van der Waals surface area contributed by atoms with Crippen LogP contribution in [0.1, 0.15) is 0 Å². The monoisotopic (exact) mass is 474 g/mol. The number of carbonyl (C=O) groups is 2. The van der Waals surface area contributed by atoms with Crippen molar-refractivity contribution in [2.75, 3.05) is 24.0 Å². The number of carbonyl (C=O) groups excluding carboxylic acids is 2. The lowest BCUT2D eigenvalue weighted by Crippen LogP contribution is -2.29. The van der Waals surface area contributed by atoms with Gasteiger partial charge in [-0.2, -0.15) is 0 Å². The molecule has 4 rings (SSSR count). The van der Waals surface area contributed by atoms with E-state index >= 15 is 0 Å². The van der Waals surface area contributed by atoms with Crippen molar-refractivity contribution >= 4 is 79.8 Å². The van der Waals surface area contributed by atoms with Gasteiger partial charge in [-0.1, -0.05) is 60.1 Å². The molecule has 0 unspecified atom stereocenters. The molecule has 2 amide bonds. The third kappa shape index (κ3) is 3.60. The van der Waals surface area contributed by atoms with E-state index in [2.05, 4.69) is 0 Å². The van der Waals surface area contributed by atoms with E-state index < -0.39 is 0 Å². The molecule has 0 aromatic heterocycles. The Kier molecular flexibility index (Phi) is 5.83. The second kappa shape index (κ2) is 8.38. The maximum Gasteiger partial charge on any atom is 0.272 e. The van der Waals surface area contributed by atoms with Gasteiger partial charge in [-0.15, -0.1) is 0 Å². The smallest absolute Gasteiger partial charge is 0.272 e. The number of benzene rings is 2. The molecule has 30 heavy (non-hydrogen) atoms. The van der Waals surface area contributed by atoms with Crippen molar-refractivity contribution < 1.29 is 19.1 Å². The number of nitrogens with zero attached hydrogens (tertiary/aromatic N) is 2. The van der Waals surface area contributed by atoms with Gasteiger partial charge in [0.15, 0.2) is 8.64 Å². The van der Waals surface area contributed by atoms with Gasteiger partial charge < -0.3 is 9.47 Å². The molecule has 0 radical (unpaired) electrons. The van der Waals surface area contributed by atoms with E-state index in [0.717, 1.165) is 23.5 Å². The summed E-state index contributed by atoms with van der Waals surface area (Å²) >= 11 is 13.0. The highest BCUT2D eigenvalue weighted by Gasteiger charge is 2.43. The van der Waals surface area contributed by atoms with Crippen LogP contribution < -0.4 is 19.3 Å². The van der Waals surface area contributed by atoms with Gasteiger partial charge in [-0.25, -0.2) is 0 Å². The minimum absolute atomic E-state index is 0.269. The van der Waals surface area contributed by atoms with Crippen LogP contribution in [0.5, 0.6) is 11.5 Å². The van der Waals surface area contributed by atoms with Gasteiger partial charge in [0, 0.05) is 12.1 Å². The molecule has 2 aliphatic rings. The average molecular weight is 475 g/mol. The molecule has 2 aromatic carbocycles. The summed E-state index contributed by atoms with van der Waals surface area (Å²) in [5.41, 5.74) is 1.16. The Labute approximate surface area is 192 Å². The van der Waals surface area contributed by atoms with Crippen LogP contribution in [0.3, 0.4) is 0 Å². The van der Waals surface area contributed by atoms with Gasteiger partial charge in [-0.05, 0) is 24.3 Å². The number of rotatable bonds is 4. The zero-order valence-electron chi connectivity index (χ0n) is 15.8. The minimum atomic E-state index is -0.357. The predicted octanol–water partition coefficient (Wildman–Crippen LogP) is 4.35. The number of hydrogen-bond donors (Lipinski definition) is 0. The number of methoxy groups -OCH3 is 2. The topological polar surface area (TPSA) is 59.1 Å². The fourth-order valence-corrected chi connectivity index (χ4v) is 5.71. The number of anilines is 2. The summed E-state index contributed by atoms with van der Waals surface area (Å²) in [6.07, 6.45) is 0. The second-order valence-corrected chi connectivity index (χ2v) is 9.37. The molecule has 0 bridgehead atoms. The largest absolute Gasteiger partial charge is 0.497 e. The molecule has 2 saturated heterocycles. The van der Waals surface area contributed by atoms with Crippen LogP contribution in [-0.4, -0.2) is 34.7 Å². The molecular weight excluding hydrogens is 460 g/mol. The third-order valence-corrected chi connectivity index (χ3v) is 7.24. The van der Waals surface area contributed by atoms with Crippen molar-refractivity contribution in [2.45, 2.75) is 0 Å². The molecule has 0 spiro atoms. The highest BCUT2D eigenvalue weighted by atomic mass is 32.2. The lowest BCUT2D eigenvalue weighted by Gasteiger charge is -2.15. The molecule has 6 nitrogen and oxygen atoms in total. The second-order valence-electron chi connectivity index (χ2n) is 6.08. The summed E-state index contributed by atoms with van der Waals surface area (Å²) in [4.78, 5) is 29.7. The SMILES string of the molecule is COc1cccc(N2C(=O)C(=C3SC(=S)N(c4cccc(OC)c4)C3=O)SC2=S)c1. The Bertz CT molecular complexity index is 1040. The molecule has 0 atom stereocenters. The summed E-state index contributed by atoms with van der Waals surface area (Å²) < 4.78 is 11.1. The Morgan fingerprint density at radius 1 is 0.733 bits per heavy atom. The van der Waals surface area contributed by atoms with E-state index in [1.54, 1.807) is 62.8 Å². The first-order chi connectivity index (χ1) is 14.4. The van der Waals surface area contributed by atoms with Crippen LogP contribution in [0.15, 0.2) is 58.3 Å². The normalized spacial score (nSPS) is 19.1. The van der Waals surface area contributed by atoms with Gasteiger partial charge >= 0.3 is 0 Å². The quantitative estimate of drug-likeness (QED) is 0.479. The first kappa shape index (κ1) is 20.9.